The number of methoxy groups -OCH3 is 1. The molecule has 1 atom stereocenters. The zero-order chi connectivity index (χ0) is 17.3. The molecule has 8 heteroatoms. The average Bonchev–Trinajstić information content (AvgIpc) is 2.95. The Morgan fingerprint density at radius 2 is 2.04 bits per heavy atom. The van der Waals surface area contributed by atoms with Gasteiger partial charge in [-0.3, -0.25) is 4.79 Å². The van der Waals surface area contributed by atoms with E-state index in [0.717, 1.165) is 23.2 Å². The molecular weight excluding hydrogens is 330 g/mol. The number of aromatic nitrogens is 2. The highest BCUT2D eigenvalue weighted by atomic mass is 32.2. The zero-order valence-corrected chi connectivity index (χ0v) is 14.4. The van der Waals surface area contributed by atoms with Crippen molar-refractivity contribution in [3.05, 3.63) is 53.6 Å². The van der Waals surface area contributed by atoms with E-state index in [1.807, 2.05) is 34.9 Å². The highest BCUT2D eigenvalue weighted by molar-refractivity contribution is 7.88. The van der Waals surface area contributed by atoms with Crippen LogP contribution < -0.4 is 0 Å². The quantitative estimate of drug-likeness (QED) is 0.763. The lowest BCUT2D eigenvalue weighted by Crippen LogP contribution is -2.49. The lowest BCUT2D eigenvalue weighted by molar-refractivity contribution is -0.145. The number of benzene rings is 1. The summed E-state index contributed by atoms with van der Waals surface area (Å²) >= 11 is 0. The van der Waals surface area contributed by atoms with Crippen molar-refractivity contribution in [3.8, 4) is 0 Å². The predicted molar refractivity (Wildman–Crippen MR) is 87.7 cm³/mol. The lowest BCUT2D eigenvalue weighted by atomic mass is 10.1. The van der Waals surface area contributed by atoms with Crippen LogP contribution >= 0.6 is 0 Å². The van der Waals surface area contributed by atoms with E-state index in [2.05, 4.69) is 4.98 Å². The first kappa shape index (κ1) is 16.7. The summed E-state index contributed by atoms with van der Waals surface area (Å²) in [5.41, 5.74) is 2.64. The third-order valence-electron chi connectivity index (χ3n) is 4.17. The first-order valence-electron chi connectivity index (χ1n) is 7.51. The Morgan fingerprint density at radius 3 is 2.67 bits per heavy atom. The summed E-state index contributed by atoms with van der Waals surface area (Å²) in [6, 6.07) is 8.99. The molecular formula is C16H19N3O4S. The number of esters is 1. The van der Waals surface area contributed by atoms with Crippen molar-refractivity contribution >= 4 is 16.0 Å². The van der Waals surface area contributed by atoms with Crippen molar-refractivity contribution < 1.29 is 17.9 Å². The van der Waals surface area contributed by atoms with Gasteiger partial charge in [-0.05, 0) is 5.56 Å². The van der Waals surface area contributed by atoms with Gasteiger partial charge in [-0.2, -0.15) is 4.31 Å². The van der Waals surface area contributed by atoms with E-state index in [9.17, 15) is 13.2 Å². The molecule has 0 radical (unpaired) electrons. The van der Waals surface area contributed by atoms with Gasteiger partial charge in [0.15, 0.2) is 0 Å². The van der Waals surface area contributed by atoms with E-state index in [4.69, 9.17) is 4.74 Å². The smallest absolute Gasteiger partial charge is 0.324 e. The van der Waals surface area contributed by atoms with Gasteiger partial charge in [0.1, 0.15) is 6.04 Å². The molecule has 1 unspecified atom stereocenters. The minimum atomic E-state index is -3.55. The first-order chi connectivity index (χ1) is 11.4. The fourth-order valence-corrected chi connectivity index (χ4v) is 3.93. The van der Waals surface area contributed by atoms with Crippen molar-refractivity contribution in [2.75, 3.05) is 13.4 Å². The molecule has 24 heavy (non-hydrogen) atoms. The normalized spacial score (nSPS) is 18.2. The summed E-state index contributed by atoms with van der Waals surface area (Å²) in [5, 5.41) is 0. The minimum Gasteiger partial charge on any atom is -0.468 e. The summed E-state index contributed by atoms with van der Waals surface area (Å²) in [6.45, 7) is 0.713. The Hall–Kier alpha value is -2.19. The van der Waals surface area contributed by atoms with E-state index in [1.54, 1.807) is 6.33 Å². The minimum absolute atomic E-state index is 0.112. The number of carbonyl (C=O) groups is 1. The van der Waals surface area contributed by atoms with Gasteiger partial charge in [0, 0.05) is 13.0 Å². The van der Waals surface area contributed by atoms with Crippen molar-refractivity contribution in [2.45, 2.75) is 25.6 Å². The second kappa shape index (κ2) is 6.37. The van der Waals surface area contributed by atoms with Crippen LogP contribution in [0.15, 0.2) is 36.7 Å². The zero-order valence-electron chi connectivity index (χ0n) is 13.5. The van der Waals surface area contributed by atoms with Gasteiger partial charge in [-0.25, -0.2) is 13.4 Å². The van der Waals surface area contributed by atoms with E-state index in [-0.39, 0.29) is 13.0 Å². The molecule has 2 aromatic rings. The molecule has 0 bridgehead atoms. The van der Waals surface area contributed by atoms with Crippen LogP contribution in [-0.4, -0.2) is 47.7 Å². The fraction of sp³-hybridized carbons (Fsp3) is 0.375. The Balaban J connectivity index is 1.94. The third-order valence-corrected chi connectivity index (χ3v) is 5.40. The summed E-state index contributed by atoms with van der Waals surface area (Å²) in [5.74, 6) is -0.566. The van der Waals surface area contributed by atoms with Gasteiger partial charge in [-0.15, -0.1) is 0 Å². The average molecular weight is 349 g/mol. The molecule has 0 aliphatic carbocycles. The summed E-state index contributed by atoms with van der Waals surface area (Å²) in [6.07, 6.45) is 3.01. The van der Waals surface area contributed by atoms with Crippen molar-refractivity contribution in [1.29, 1.82) is 0 Å². The SMILES string of the molecule is COC(=O)C1Cc2ncn(Cc3ccccc3)c2CN1S(C)(=O)=O. The van der Waals surface area contributed by atoms with Crippen molar-refractivity contribution in [2.24, 2.45) is 0 Å². The summed E-state index contributed by atoms with van der Waals surface area (Å²) in [4.78, 5) is 16.3. The number of ether oxygens (including phenoxy) is 1. The number of imidazole rings is 1. The van der Waals surface area contributed by atoms with Gasteiger partial charge in [0.2, 0.25) is 10.0 Å². The van der Waals surface area contributed by atoms with Gasteiger partial charge >= 0.3 is 5.97 Å². The number of hydrogen-bond acceptors (Lipinski definition) is 5. The number of fused-ring (bicyclic) bond motifs is 1. The van der Waals surface area contributed by atoms with Crippen LogP contribution in [-0.2, 0) is 39.1 Å². The van der Waals surface area contributed by atoms with Crippen molar-refractivity contribution in [1.82, 2.24) is 13.9 Å². The molecule has 1 aromatic heterocycles. The fourth-order valence-electron chi connectivity index (χ4n) is 2.95. The van der Waals surface area contributed by atoms with Gasteiger partial charge in [-0.1, -0.05) is 30.3 Å². The van der Waals surface area contributed by atoms with Crippen LogP contribution in [0.3, 0.4) is 0 Å². The molecule has 1 aliphatic heterocycles. The maximum atomic E-state index is 12.1. The van der Waals surface area contributed by atoms with Crippen LogP contribution in [0.2, 0.25) is 0 Å². The number of hydrogen-bond donors (Lipinski definition) is 0. The van der Waals surface area contributed by atoms with Gasteiger partial charge < -0.3 is 9.30 Å². The Morgan fingerprint density at radius 1 is 1.33 bits per heavy atom. The second-order valence-electron chi connectivity index (χ2n) is 5.80. The third kappa shape index (κ3) is 3.20. The molecule has 128 valence electrons. The lowest BCUT2D eigenvalue weighted by Gasteiger charge is -2.31. The molecule has 0 saturated heterocycles. The van der Waals surface area contributed by atoms with Crippen LogP contribution in [0.25, 0.3) is 0 Å². The maximum absolute atomic E-state index is 12.1. The molecule has 0 N–H and O–H groups in total. The number of sulfonamides is 1. The summed E-state index contributed by atoms with van der Waals surface area (Å²) in [7, 11) is -2.29. The van der Waals surface area contributed by atoms with Crippen molar-refractivity contribution in [3.63, 3.8) is 0 Å². The molecule has 0 fully saturated rings. The standard InChI is InChI=1S/C16H19N3O4S/c1-23-16(20)14-8-13-15(10-19(14)24(2,21)22)18(11-17-13)9-12-6-4-3-5-7-12/h3-7,11,14H,8-10H2,1-2H3. The van der Waals surface area contributed by atoms with E-state index in [1.165, 1.54) is 11.4 Å². The van der Waals surface area contributed by atoms with E-state index >= 15 is 0 Å². The Bertz CT molecular complexity index is 845. The largest absolute Gasteiger partial charge is 0.468 e. The second-order valence-corrected chi connectivity index (χ2v) is 7.74. The Labute approximate surface area is 140 Å². The van der Waals surface area contributed by atoms with Crippen LogP contribution in [0, 0.1) is 0 Å². The Kier molecular flexibility index (Phi) is 4.42. The molecule has 1 aliphatic rings. The number of carbonyl (C=O) groups excluding carboxylic acids is 1. The van der Waals surface area contributed by atoms with E-state index in [0.29, 0.717) is 6.54 Å². The van der Waals surface area contributed by atoms with Gasteiger partial charge in [0.05, 0.1) is 37.6 Å². The molecule has 0 saturated carbocycles. The maximum Gasteiger partial charge on any atom is 0.324 e. The topological polar surface area (TPSA) is 81.5 Å². The van der Waals surface area contributed by atoms with Crippen LogP contribution in [0.4, 0.5) is 0 Å². The van der Waals surface area contributed by atoms with Gasteiger partial charge in [0.25, 0.3) is 0 Å². The predicted octanol–water partition coefficient (Wildman–Crippen LogP) is 0.791. The molecule has 0 amide bonds. The number of nitrogens with zero attached hydrogens (tertiary/aromatic N) is 3. The highest BCUT2D eigenvalue weighted by Crippen LogP contribution is 2.26. The van der Waals surface area contributed by atoms with E-state index < -0.39 is 22.0 Å². The van der Waals surface area contributed by atoms with Crippen LogP contribution in [0.1, 0.15) is 17.0 Å². The molecule has 3 rings (SSSR count). The monoisotopic (exact) mass is 349 g/mol. The first-order valence-corrected chi connectivity index (χ1v) is 9.36. The van der Waals surface area contributed by atoms with Crippen LogP contribution in [0.5, 0.6) is 0 Å². The molecule has 7 nitrogen and oxygen atoms in total. The highest BCUT2D eigenvalue weighted by Gasteiger charge is 2.39. The molecule has 2 heterocycles. The molecule has 0 spiro atoms. The molecule has 1 aromatic carbocycles. The number of rotatable bonds is 4. The summed E-state index contributed by atoms with van der Waals surface area (Å²) < 4.78 is 32.1.